The second-order valence-electron chi connectivity index (χ2n) is 9.96. The summed E-state index contributed by atoms with van der Waals surface area (Å²) in [5.41, 5.74) is 4.60. The molecule has 0 bridgehead atoms. The minimum Gasteiger partial charge on any atom is -0.480 e. The summed E-state index contributed by atoms with van der Waals surface area (Å²) >= 11 is 0. The molecule has 4 rings (SSSR count). The molecule has 1 aliphatic heterocycles. The van der Waals surface area contributed by atoms with Crippen molar-refractivity contribution in [3.8, 4) is 6.07 Å². The summed E-state index contributed by atoms with van der Waals surface area (Å²) in [5, 5.41) is 24.7. The van der Waals surface area contributed by atoms with Crippen LogP contribution in [0.5, 0.6) is 0 Å². The zero-order chi connectivity index (χ0) is 25.7. The van der Waals surface area contributed by atoms with Crippen LogP contribution in [0.25, 0.3) is 0 Å². The van der Waals surface area contributed by atoms with Gasteiger partial charge in [0.05, 0.1) is 17.7 Å². The number of aromatic nitrogens is 1. The largest absolute Gasteiger partial charge is 0.480 e. The highest BCUT2D eigenvalue weighted by Gasteiger charge is 2.30. The number of hydrogen-bond donors (Lipinski definition) is 3. The Balaban J connectivity index is 1.19. The summed E-state index contributed by atoms with van der Waals surface area (Å²) in [4.78, 5) is 29.3. The van der Waals surface area contributed by atoms with E-state index in [4.69, 9.17) is 15.0 Å². The zero-order valence-corrected chi connectivity index (χ0v) is 21.0. The van der Waals surface area contributed by atoms with Gasteiger partial charge in [-0.25, -0.2) is 9.78 Å². The summed E-state index contributed by atoms with van der Waals surface area (Å²) in [6.07, 6.45) is 6.56. The fraction of sp³-hybridized carbons (Fsp3) is 0.500. The molecule has 8 nitrogen and oxygen atoms in total. The van der Waals surface area contributed by atoms with Crippen LogP contribution in [0, 0.1) is 31.1 Å². The lowest BCUT2D eigenvalue weighted by Crippen LogP contribution is -2.42. The molecule has 36 heavy (non-hydrogen) atoms. The Bertz CT molecular complexity index is 1140. The molecule has 2 aromatic rings. The predicted molar refractivity (Wildman–Crippen MR) is 136 cm³/mol. The standard InChI is InChI=1S/C28H34N4O4/c1-17-12-20(16-29)13-18(2)25(17)27(33)32-24(28(34)35)9-11-36-23-14-19(15-23)5-7-22-8-6-21-4-3-10-30-26(21)31-22/h6,8,12-13,19,23-24H,3-5,7,9-11,14-15H2,1-2H3,(H,30,31)(H,32,33)(H,34,35). The van der Waals surface area contributed by atoms with Gasteiger partial charge in [-0.15, -0.1) is 0 Å². The number of nitrogens with one attached hydrogen (secondary N) is 2. The molecule has 2 heterocycles. The Morgan fingerprint density at radius 1 is 1.28 bits per heavy atom. The van der Waals surface area contributed by atoms with Crippen molar-refractivity contribution in [2.45, 2.75) is 70.9 Å². The van der Waals surface area contributed by atoms with Gasteiger partial charge in [0.25, 0.3) is 5.91 Å². The molecule has 0 spiro atoms. The molecule has 1 aromatic carbocycles. The van der Waals surface area contributed by atoms with Crippen LogP contribution in [0.4, 0.5) is 5.82 Å². The highest BCUT2D eigenvalue weighted by Crippen LogP contribution is 2.34. The number of carboxylic acids is 1. The van der Waals surface area contributed by atoms with E-state index in [1.165, 1.54) is 5.56 Å². The van der Waals surface area contributed by atoms with Gasteiger partial charge in [0.1, 0.15) is 11.9 Å². The van der Waals surface area contributed by atoms with Crippen LogP contribution < -0.4 is 10.6 Å². The van der Waals surface area contributed by atoms with Gasteiger partial charge in [-0.2, -0.15) is 5.26 Å². The van der Waals surface area contributed by atoms with Gasteiger partial charge in [0.15, 0.2) is 0 Å². The van der Waals surface area contributed by atoms with E-state index in [0.29, 0.717) is 28.2 Å². The van der Waals surface area contributed by atoms with Gasteiger partial charge in [0, 0.05) is 30.8 Å². The van der Waals surface area contributed by atoms with Gasteiger partial charge in [-0.05, 0) is 93.2 Å². The third-order valence-corrected chi connectivity index (χ3v) is 7.21. The normalized spacial score (nSPS) is 19.2. The fourth-order valence-electron chi connectivity index (χ4n) is 5.13. The van der Waals surface area contributed by atoms with E-state index in [2.05, 4.69) is 28.8 Å². The van der Waals surface area contributed by atoms with Crippen molar-refractivity contribution in [2.24, 2.45) is 5.92 Å². The molecular formula is C28H34N4O4. The molecule has 1 unspecified atom stereocenters. The minimum absolute atomic E-state index is 0.140. The van der Waals surface area contributed by atoms with Crippen molar-refractivity contribution in [3.63, 3.8) is 0 Å². The molecule has 1 amide bonds. The van der Waals surface area contributed by atoms with Gasteiger partial charge < -0.3 is 20.5 Å². The summed E-state index contributed by atoms with van der Waals surface area (Å²) < 4.78 is 5.90. The SMILES string of the molecule is Cc1cc(C#N)cc(C)c1C(=O)NC(CCOC1CC(CCc2ccc3c(n2)NCCC3)C1)C(=O)O. The van der Waals surface area contributed by atoms with Crippen molar-refractivity contribution in [1.29, 1.82) is 5.26 Å². The molecule has 1 aromatic heterocycles. The predicted octanol–water partition coefficient (Wildman–Crippen LogP) is 3.93. The number of aryl methyl sites for hydroxylation is 4. The summed E-state index contributed by atoms with van der Waals surface area (Å²) in [6, 6.07) is 8.62. The second-order valence-corrected chi connectivity index (χ2v) is 9.96. The van der Waals surface area contributed by atoms with Crippen molar-refractivity contribution in [1.82, 2.24) is 10.3 Å². The van der Waals surface area contributed by atoms with Crippen LogP contribution in [0.2, 0.25) is 0 Å². The first-order valence-electron chi connectivity index (χ1n) is 12.7. The Labute approximate surface area is 212 Å². The molecule has 2 aliphatic rings. The molecule has 1 aliphatic carbocycles. The molecule has 190 valence electrons. The topological polar surface area (TPSA) is 124 Å². The average molecular weight is 491 g/mol. The van der Waals surface area contributed by atoms with Gasteiger partial charge in [-0.1, -0.05) is 6.07 Å². The van der Waals surface area contributed by atoms with Crippen LogP contribution in [-0.4, -0.2) is 47.3 Å². The summed E-state index contributed by atoms with van der Waals surface area (Å²) in [5.74, 6) is 0.0993. The Kier molecular flexibility index (Phi) is 8.21. The van der Waals surface area contributed by atoms with Gasteiger partial charge >= 0.3 is 5.97 Å². The van der Waals surface area contributed by atoms with Crippen molar-refractivity contribution < 1.29 is 19.4 Å². The number of nitriles is 1. The molecule has 0 saturated heterocycles. The molecule has 1 fully saturated rings. The second kappa shape index (κ2) is 11.5. The van der Waals surface area contributed by atoms with Crippen molar-refractivity contribution in [2.75, 3.05) is 18.5 Å². The molecule has 1 atom stereocenters. The number of nitrogens with zero attached hydrogens (tertiary/aromatic N) is 2. The number of ether oxygens (including phenoxy) is 1. The number of carbonyl (C=O) groups excluding carboxylic acids is 1. The van der Waals surface area contributed by atoms with E-state index in [1.807, 2.05) is 0 Å². The molecule has 3 N–H and O–H groups in total. The smallest absolute Gasteiger partial charge is 0.326 e. The number of aliphatic carboxylic acids is 1. The number of carboxylic acid groups (broad SMARTS) is 1. The maximum atomic E-state index is 12.8. The number of amides is 1. The lowest BCUT2D eigenvalue weighted by atomic mass is 9.79. The van der Waals surface area contributed by atoms with Crippen LogP contribution in [-0.2, 0) is 22.4 Å². The molecule has 8 heteroatoms. The molecular weight excluding hydrogens is 456 g/mol. The van der Waals surface area contributed by atoms with E-state index < -0.39 is 17.9 Å². The van der Waals surface area contributed by atoms with E-state index in [9.17, 15) is 14.7 Å². The first kappa shape index (κ1) is 25.6. The third-order valence-electron chi connectivity index (χ3n) is 7.21. The van der Waals surface area contributed by atoms with Gasteiger partial charge in [-0.3, -0.25) is 4.79 Å². The van der Waals surface area contributed by atoms with Crippen LogP contribution in [0.3, 0.4) is 0 Å². The first-order chi connectivity index (χ1) is 17.3. The quantitative estimate of drug-likeness (QED) is 0.461. The lowest BCUT2D eigenvalue weighted by molar-refractivity contribution is -0.140. The Hall–Kier alpha value is -3.44. The fourth-order valence-corrected chi connectivity index (χ4v) is 5.13. The number of anilines is 1. The molecule has 1 saturated carbocycles. The lowest BCUT2D eigenvalue weighted by Gasteiger charge is -2.35. The van der Waals surface area contributed by atoms with E-state index >= 15 is 0 Å². The van der Waals surface area contributed by atoms with Crippen LogP contribution in [0.1, 0.15) is 70.4 Å². The Morgan fingerprint density at radius 2 is 2.03 bits per heavy atom. The first-order valence-corrected chi connectivity index (χ1v) is 12.7. The number of hydrogen-bond acceptors (Lipinski definition) is 6. The number of carbonyl (C=O) groups is 2. The summed E-state index contributed by atoms with van der Waals surface area (Å²) in [7, 11) is 0. The Morgan fingerprint density at radius 3 is 2.72 bits per heavy atom. The highest BCUT2D eigenvalue weighted by atomic mass is 16.5. The monoisotopic (exact) mass is 490 g/mol. The summed E-state index contributed by atoms with van der Waals surface area (Å²) in [6.45, 7) is 4.75. The molecule has 0 radical (unpaired) electrons. The number of pyridine rings is 1. The van der Waals surface area contributed by atoms with Crippen molar-refractivity contribution in [3.05, 3.63) is 57.8 Å². The van der Waals surface area contributed by atoms with Gasteiger partial charge in [0.2, 0.25) is 0 Å². The van der Waals surface area contributed by atoms with Crippen LogP contribution in [0.15, 0.2) is 24.3 Å². The van der Waals surface area contributed by atoms with Crippen molar-refractivity contribution >= 4 is 17.7 Å². The maximum Gasteiger partial charge on any atom is 0.326 e. The number of rotatable bonds is 10. The zero-order valence-electron chi connectivity index (χ0n) is 21.0. The third kappa shape index (κ3) is 6.21. The van der Waals surface area contributed by atoms with E-state index in [-0.39, 0.29) is 19.1 Å². The highest BCUT2D eigenvalue weighted by molar-refractivity contribution is 5.99. The average Bonchev–Trinajstić information content (AvgIpc) is 2.83. The van der Waals surface area contributed by atoms with E-state index in [1.54, 1.807) is 26.0 Å². The van der Waals surface area contributed by atoms with Crippen LogP contribution >= 0.6 is 0 Å². The van der Waals surface area contributed by atoms with E-state index in [0.717, 1.165) is 56.6 Å². The number of benzene rings is 1. The minimum atomic E-state index is -1.09. The maximum absolute atomic E-state index is 12.8. The number of fused-ring (bicyclic) bond motifs is 1.